The number of halogens is 5. The first kappa shape index (κ1) is 21.6. The molecule has 0 bridgehead atoms. The first-order valence-corrected chi connectivity index (χ1v) is 9.14. The molecule has 1 N–H and O–H groups in total. The number of hydrogen-bond donors (Lipinski definition) is 1. The van der Waals surface area contributed by atoms with E-state index in [-0.39, 0.29) is 22.7 Å². The zero-order valence-electron chi connectivity index (χ0n) is 14.9. The summed E-state index contributed by atoms with van der Waals surface area (Å²) in [7, 11) is 0. The van der Waals surface area contributed by atoms with Crippen LogP contribution in [-0.2, 0) is 16.4 Å². The summed E-state index contributed by atoms with van der Waals surface area (Å²) in [6.07, 6.45) is -4.53. The van der Waals surface area contributed by atoms with Gasteiger partial charge in [-0.15, -0.1) is 0 Å². The third-order valence-corrected chi connectivity index (χ3v) is 4.67. The maximum Gasteiger partial charge on any atom is 0.416 e. The molecule has 2 aromatic carbocycles. The van der Waals surface area contributed by atoms with Crippen LogP contribution in [0.1, 0.15) is 31.9 Å². The van der Waals surface area contributed by atoms with Crippen LogP contribution in [0.2, 0.25) is 5.02 Å². The zero-order chi connectivity index (χ0) is 20.4. The number of benzene rings is 2. The van der Waals surface area contributed by atoms with Gasteiger partial charge in [-0.05, 0) is 57.2 Å². The average Bonchev–Trinajstić information content (AvgIpc) is 2.53. The molecule has 2 aromatic rings. The minimum atomic E-state index is -4.53. The SMILES string of the molecule is CC(C)(C)c1ccc(OCC(=O)Nc2cc(C(F)(F)F)ccc2Cl)c(Br)c1. The minimum Gasteiger partial charge on any atom is -0.483 e. The van der Waals surface area contributed by atoms with Gasteiger partial charge >= 0.3 is 6.18 Å². The van der Waals surface area contributed by atoms with Crippen molar-refractivity contribution in [1.82, 2.24) is 0 Å². The number of carbonyl (C=O) groups is 1. The van der Waals surface area contributed by atoms with Crippen molar-refractivity contribution in [3.63, 3.8) is 0 Å². The fraction of sp³-hybridized carbons (Fsp3) is 0.316. The molecular formula is C19H18BrClF3NO2. The highest BCUT2D eigenvalue weighted by Gasteiger charge is 2.31. The predicted octanol–water partition coefficient (Wildman–Crippen LogP) is 6.44. The van der Waals surface area contributed by atoms with E-state index in [0.29, 0.717) is 10.2 Å². The molecule has 0 aromatic heterocycles. The van der Waals surface area contributed by atoms with Crippen molar-refractivity contribution in [2.45, 2.75) is 32.4 Å². The van der Waals surface area contributed by atoms with Gasteiger partial charge in [-0.1, -0.05) is 38.4 Å². The van der Waals surface area contributed by atoms with Gasteiger partial charge in [0.05, 0.1) is 20.7 Å². The third-order valence-electron chi connectivity index (χ3n) is 3.72. The van der Waals surface area contributed by atoms with E-state index in [2.05, 4.69) is 42.0 Å². The lowest BCUT2D eigenvalue weighted by Crippen LogP contribution is -2.21. The molecule has 0 aliphatic heterocycles. The number of carbonyl (C=O) groups excluding carboxylic acids is 1. The molecular weight excluding hydrogens is 447 g/mol. The Labute approximate surface area is 169 Å². The number of ether oxygens (including phenoxy) is 1. The Bertz CT molecular complexity index is 848. The van der Waals surface area contributed by atoms with Crippen LogP contribution in [0.5, 0.6) is 5.75 Å². The number of rotatable bonds is 4. The molecule has 0 saturated carbocycles. The second-order valence-electron chi connectivity index (χ2n) is 6.92. The second kappa shape index (κ2) is 8.10. The molecule has 8 heteroatoms. The second-order valence-corrected chi connectivity index (χ2v) is 8.19. The molecule has 0 spiro atoms. The van der Waals surface area contributed by atoms with Crippen molar-refractivity contribution < 1.29 is 22.7 Å². The lowest BCUT2D eigenvalue weighted by Gasteiger charge is -2.20. The van der Waals surface area contributed by atoms with Crippen molar-refractivity contribution in [1.29, 1.82) is 0 Å². The molecule has 0 heterocycles. The molecule has 0 atom stereocenters. The van der Waals surface area contributed by atoms with Crippen LogP contribution in [0, 0.1) is 0 Å². The monoisotopic (exact) mass is 463 g/mol. The fourth-order valence-corrected chi connectivity index (χ4v) is 2.87. The van der Waals surface area contributed by atoms with Crippen molar-refractivity contribution in [3.05, 3.63) is 57.0 Å². The lowest BCUT2D eigenvalue weighted by molar-refractivity contribution is -0.137. The van der Waals surface area contributed by atoms with Crippen LogP contribution in [0.15, 0.2) is 40.9 Å². The molecule has 0 aliphatic carbocycles. The van der Waals surface area contributed by atoms with Gasteiger partial charge in [0.15, 0.2) is 6.61 Å². The van der Waals surface area contributed by atoms with E-state index in [9.17, 15) is 18.0 Å². The number of anilines is 1. The molecule has 2 rings (SSSR count). The van der Waals surface area contributed by atoms with Crippen LogP contribution in [-0.4, -0.2) is 12.5 Å². The first-order valence-electron chi connectivity index (χ1n) is 7.97. The summed E-state index contributed by atoms with van der Waals surface area (Å²) in [6.45, 7) is 5.84. The number of hydrogen-bond acceptors (Lipinski definition) is 2. The average molecular weight is 465 g/mol. The van der Waals surface area contributed by atoms with E-state index < -0.39 is 17.6 Å². The molecule has 1 amide bonds. The zero-order valence-corrected chi connectivity index (χ0v) is 17.2. The molecule has 0 fully saturated rings. The van der Waals surface area contributed by atoms with Gasteiger partial charge in [0.2, 0.25) is 0 Å². The Morgan fingerprint density at radius 2 is 1.74 bits per heavy atom. The van der Waals surface area contributed by atoms with Crippen molar-refractivity contribution in [3.8, 4) is 5.75 Å². The molecule has 0 aliphatic rings. The van der Waals surface area contributed by atoms with E-state index in [1.807, 2.05) is 12.1 Å². The van der Waals surface area contributed by atoms with Crippen LogP contribution in [0.4, 0.5) is 18.9 Å². The van der Waals surface area contributed by atoms with E-state index in [1.54, 1.807) is 6.07 Å². The van der Waals surface area contributed by atoms with Crippen molar-refractivity contribution in [2.75, 3.05) is 11.9 Å². The normalized spacial score (nSPS) is 12.0. The Morgan fingerprint density at radius 1 is 1.11 bits per heavy atom. The Balaban J connectivity index is 2.05. The van der Waals surface area contributed by atoms with Gasteiger partial charge in [-0.2, -0.15) is 13.2 Å². The van der Waals surface area contributed by atoms with E-state index >= 15 is 0 Å². The molecule has 146 valence electrons. The van der Waals surface area contributed by atoms with Crippen molar-refractivity contribution >= 4 is 39.1 Å². The Morgan fingerprint density at radius 3 is 2.30 bits per heavy atom. The smallest absolute Gasteiger partial charge is 0.416 e. The third kappa shape index (κ3) is 5.87. The first-order chi connectivity index (χ1) is 12.4. The maximum atomic E-state index is 12.8. The highest BCUT2D eigenvalue weighted by atomic mass is 79.9. The fourth-order valence-electron chi connectivity index (χ4n) is 2.21. The van der Waals surface area contributed by atoms with Crippen molar-refractivity contribution in [2.24, 2.45) is 0 Å². The topological polar surface area (TPSA) is 38.3 Å². The summed E-state index contributed by atoms with van der Waals surface area (Å²) in [5.41, 5.74) is 0.0198. The molecule has 3 nitrogen and oxygen atoms in total. The van der Waals surface area contributed by atoms with Gasteiger partial charge in [0.1, 0.15) is 5.75 Å². The number of amides is 1. The van der Waals surface area contributed by atoms with Gasteiger partial charge in [-0.3, -0.25) is 4.79 Å². The van der Waals surface area contributed by atoms with Crippen LogP contribution < -0.4 is 10.1 Å². The largest absolute Gasteiger partial charge is 0.483 e. The summed E-state index contributed by atoms with van der Waals surface area (Å²) in [6, 6.07) is 8.24. The van der Waals surface area contributed by atoms with Crippen LogP contribution >= 0.6 is 27.5 Å². The van der Waals surface area contributed by atoms with E-state index in [0.717, 1.165) is 23.8 Å². The van der Waals surface area contributed by atoms with Gasteiger partial charge in [0, 0.05) is 0 Å². The summed E-state index contributed by atoms with van der Waals surface area (Å²) in [5.74, 6) is -0.170. The van der Waals surface area contributed by atoms with Crippen LogP contribution in [0.3, 0.4) is 0 Å². The Hall–Kier alpha value is -1.73. The standard InChI is InChI=1S/C19H18BrClF3NO2/c1-18(2,3)11-5-7-16(13(20)8-11)27-10-17(26)25-15-9-12(19(22,23)24)4-6-14(15)21/h4-9H,10H2,1-3H3,(H,25,26). The highest BCUT2D eigenvalue weighted by molar-refractivity contribution is 9.10. The van der Waals surface area contributed by atoms with Gasteiger partial charge in [-0.25, -0.2) is 0 Å². The summed E-state index contributed by atoms with van der Waals surface area (Å²) in [4.78, 5) is 12.0. The Kier molecular flexibility index (Phi) is 6.47. The lowest BCUT2D eigenvalue weighted by atomic mass is 9.87. The summed E-state index contributed by atoms with van der Waals surface area (Å²) in [5, 5.41) is 2.34. The molecule has 0 radical (unpaired) electrons. The predicted molar refractivity (Wildman–Crippen MR) is 103 cm³/mol. The van der Waals surface area contributed by atoms with E-state index in [4.69, 9.17) is 16.3 Å². The van der Waals surface area contributed by atoms with Gasteiger partial charge < -0.3 is 10.1 Å². The van der Waals surface area contributed by atoms with Crippen LogP contribution in [0.25, 0.3) is 0 Å². The molecule has 0 unspecified atom stereocenters. The summed E-state index contributed by atoms with van der Waals surface area (Å²) < 4.78 is 44.5. The maximum absolute atomic E-state index is 12.8. The molecule has 0 saturated heterocycles. The quantitative estimate of drug-likeness (QED) is 0.566. The number of nitrogens with one attached hydrogen (secondary N) is 1. The van der Waals surface area contributed by atoms with E-state index in [1.165, 1.54) is 0 Å². The molecule has 27 heavy (non-hydrogen) atoms. The number of alkyl halides is 3. The summed E-state index contributed by atoms with van der Waals surface area (Å²) >= 11 is 9.26. The minimum absolute atomic E-state index is 0.00654. The highest BCUT2D eigenvalue weighted by Crippen LogP contribution is 2.34. The van der Waals surface area contributed by atoms with Gasteiger partial charge in [0.25, 0.3) is 5.91 Å².